The Morgan fingerprint density at radius 3 is 1.79 bits per heavy atom. The topological polar surface area (TPSA) is 43.2 Å². The third-order valence-electron chi connectivity index (χ3n) is 2.60. The Morgan fingerprint density at radius 2 is 1.32 bits per heavy atom. The lowest BCUT2D eigenvalue weighted by Crippen LogP contribution is -1.84. The average molecular weight is 256 g/mol. The van der Waals surface area contributed by atoms with Crippen LogP contribution in [0.15, 0.2) is 58.8 Å². The minimum atomic E-state index is 0.607. The van der Waals surface area contributed by atoms with E-state index >= 15 is 0 Å². The summed E-state index contributed by atoms with van der Waals surface area (Å²) in [5.41, 5.74) is 2.73. The summed E-state index contributed by atoms with van der Waals surface area (Å²) in [4.78, 5) is 0. The highest BCUT2D eigenvalue weighted by molar-refractivity contribution is 5.43. The van der Waals surface area contributed by atoms with E-state index in [-0.39, 0.29) is 0 Å². The third-order valence-corrected chi connectivity index (χ3v) is 2.60. The van der Waals surface area contributed by atoms with Gasteiger partial charge >= 0.3 is 0 Å². The minimum Gasteiger partial charge on any atom is -0.497 e. The molecule has 4 nitrogen and oxygen atoms in total. The van der Waals surface area contributed by atoms with Crippen molar-refractivity contribution in [3.8, 4) is 5.75 Å². The average Bonchev–Trinajstić information content (AvgIpc) is 2.47. The first kappa shape index (κ1) is 13.2. The van der Waals surface area contributed by atoms with Gasteiger partial charge in [0.2, 0.25) is 0 Å². The molecule has 0 amide bonds. The van der Waals surface area contributed by atoms with Crippen LogP contribution in [0.2, 0.25) is 0 Å². The Labute approximate surface area is 112 Å². The summed E-state index contributed by atoms with van der Waals surface area (Å²) >= 11 is 0. The van der Waals surface area contributed by atoms with Gasteiger partial charge in [-0.3, -0.25) is 0 Å². The van der Waals surface area contributed by atoms with Gasteiger partial charge in [0.15, 0.2) is 0 Å². The Balaban J connectivity index is 2.04. The molecule has 0 radical (unpaired) electrons. The van der Waals surface area contributed by atoms with Crippen molar-refractivity contribution >= 4 is 11.4 Å². The second-order valence-corrected chi connectivity index (χ2v) is 4.00. The monoisotopic (exact) mass is 256 g/mol. The van der Waals surface area contributed by atoms with Crippen LogP contribution in [0.25, 0.3) is 0 Å². The van der Waals surface area contributed by atoms with E-state index in [1.807, 2.05) is 48.5 Å². The van der Waals surface area contributed by atoms with Crippen LogP contribution in [0.3, 0.4) is 0 Å². The molecule has 0 unspecified atom stereocenters. The summed E-state index contributed by atoms with van der Waals surface area (Å²) in [5, 5.41) is 8.34. The van der Waals surface area contributed by atoms with Crippen LogP contribution < -0.4 is 4.74 Å². The summed E-state index contributed by atoms with van der Waals surface area (Å²) in [6.45, 7) is 0.607. The van der Waals surface area contributed by atoms with Crippen LogP contribution in [0.1, 0.15) is 5.56 Å². The highest BCUT2D eigenvalue weighted by Gasteiger charge is 1.94. The molecular weight excluding hydrogens is 240 g/mol. The number of benzene rings is 2. The van der Waals surface area contributed by atoms with Gasteiger partial charge in [-0.1, -0.05) is 12.1 Å². The van der Waals surface area contributed by atoms with Gasteiger partial charge in [-0.05, 0) is 42.0 Å². The molecule has 2 aromatic rings. The number of ether oxygens (including phenoxy) is 2. The van der Waals surface area contributed by atoms with Crippen molar-refractivity contribution in [2.24, 2.45) is 10.2 Å². The molecule has 0 fully saturated rings. The normalized spacial score (nSPS) is 10.8. The number of nitrogens with zero attached hydrogens (tertiary/aromatic N) is 2. The first-order chi connectivity index (χ1) is 9.31. The highest BCUT2D eigenvalue weighted by atomic mass is 16.5. The van der Waals surface area contributed by atoms with Gasteiger partial charge in [0.05, 0.1) is 25.1 Å². The van der Waals surface area contributed by atoms with Crippen LogP contribution in [0.4, 0.5) is 11.4 Å². The molecule has 0 saturated heterocycles. The second-order valence-electron chi connectivity index (χ2n) is 4.00. The van der Waals surface area contributed by atoms with E-state index in [0.717, 1.165) is 22.7 Å². The zero-order valence-corrected chi connectivity index (χ0v) is 11.0. The Morgan fingerprint density at radius 1 is 0.789 bits per heavy atom. The molecule has 2 aromatic carbocycles. The molecule has 0 aromatic heterocycles. The molecule has 0 aliphatic heterocycles. The van der Waals surface area contributed by atoms with Crippen molar-refractivity contribution in [2.75, 3.05) is 14.2 Å². The Hall–Kier alpha value is -2.20. The molecule has 0 spiro atoms. The largest absolute Gasteiger partial charge is 0.497 e. The van der Waals surface area contributed by atoms with E-state index in [2.05, 4.69) is 10.2 Å². The smallest absolute Gasteiger partial charge is 0.119 e. The third kappa shape index (κ3) is 3.89. The zero-order chi connectivity index (χ0) is 13.5. The molecule has 0 atom stereocenters. The van der Waals surface area contributed by atoms with Crippen molar-refractivity contribution in [3.63, 3.8) is 0 Å². The molecule has 0 saturated carbocycles. The summed E-state index contributed by atoms with van der Waals surface area (Å²) in [6, 6.07) is 15.2. The first-order valence-electron chi connectivity index (χ1n) is 5.95. The summed E-state index contributed by atoms with van der Waals surface area (Å²) in [7, 11) is 3.31. The van der Waals surface area contributed by atoms with Gasteiger partial charge in [-0.25, -0.2) is 0 Å². The molecule has 19 heavy (non-hydrogen) atoms. The number of rotatable bonds is 5. The number of azo groups is 1. The van der Waals surface area contributed by atoms with Gasteiger partial charge < -0.3 is 9.47 Å². The van der Waals surface area contributed by atoms with Gasteiger partial charge in [-0.15, -0.1) is 0 Å². The Kier molecular flexibility index (Phi) is 4.64. The van der Waals surface area contributed by atoms with E-state index in [1.54, 1.807) is 14.2 Å². The van der Waals surface area contributed by atoms with Crippen LogP contribution in [0.5, 0.6) is 5.75 Å². The number of hydrogen-bond acceptors (Lipinski definition) is 4. The van der Waals surface area contributed by atoms with Crippen LogP contribution in [-0.2, 0) is 11.3 Å². The van der Waals surface area contributed by atoms with E-state index in [4.69, 9.17) is 9.47 Å². The van der Waals surface area contributed by atoms with Gasteiger partial charge in [0.1, 0.15) is 5.75 Å². The molecule has 0 bridgehead atoms. The van der Waals surface area contributed by atoms with Crippen molar-refractivity contribution < 1.29 is 9.47 Å². The van der Waals surface area contributed by atoms with Crippen LogP contribution in [0, 0.1) is 0 Å². The van der Waals surface area contributed by atoms with Crippen LogP contribution >= 0.6 is 0 Å². The zero-order valence-electron chi connectivity index (χ0n) is 11.0. The summed E-state index contributed by atoms with van der Waals surface area (Å²) in [6.07, 6.45) is 0. The summed E-state index contributed by atoms with van der Waals surface area (Å²) in [5.74, 6) is 0.808. The van der Waals surface area contributed by atoms with E-state index in [1.165, 1.54) is 0 Å². The lowest BCUT2D eigenvalue weighted by molar-refractivity contribution is 0.185. The minimum absolute atomic E-state index is 0.607. The molecule has 0 aliphatic rings. The fourth-order valence-corrected chi connectivity index (χ4v) is 1.59. The lowest BCUT2D eigenvalue weighted by Gasteiger charge is -2.00. The maximum absolute atomic E-state index is 5.08. The molecule has 4 heteroatoms. The number of methoxy groups -OCH3 is 2. The molecule has 0 heterocycles. The molecule has 0 aliphatic carbocycles. The quantitative estimate of drug-likeness (QED) is 0.750. The van der Waals surface area contributed by atoms with Gasteiger partial charge in [0.25, 0.3) is 0 Å². The predicted octanol–water partition coefficient (Wildman–Crippen LogP) is 4.26. The SMILES string of the molecule is COCc1ccc(N=Nc2ccc(OC)cc2)cc1. The fraction of sp³-hybridized carbons (Fsp3) is 0.200. The number of hydrogen-bond donors (Lipinski definition) is 0. The summed E-state index contributed by atoms with van der Waals surface area (Å²) < 4.78 is 10.1. The fourth-order valence-electron chi connectivity index (χ4n) is 1.59. The van der Waals surface area contributed by atoms with E-state index in [0.29, 0.717) is 6.61 Å². The Bertz CT molecular complexity index is 533. The van der Waals surface area contributed by atoms with Gasteiger partial charge in [-0.2, -0.15) is 10.2 Å². The van der Waals surface area contributed by atoms with E-state index < -0.39 is 0 Å². The van der Waals surface area contributed by atoms with Crippen molar-refractivity contribution in [1.29, 1.82) is 0 Å². The molecular formula is C15H16N2O2. The van der Waals surface area contributed by atoms with Crippen molar-refractivity contribution in [1.82, 2.24) is 0 Å². The van der Waals surface area contributed by atoms with Gasteiger partial charge in [0, 0.05) is 7.11 Å². The molecule has 0 N–H and O–H groups in total. The maximum Gasteiger partial charge on any atom is 0.119 e. The molecule has 2 rings (SSSR count). The van der Waals surface area contributed by atoms with E-state index in [9.17, 15) is 0 Å². The predicted molar refractivity (Wildman–Crippen MR) is 74.3 cm³/mol. The highest BCUT2D eigenvalue weighted by Crippen LogP contribution is 2.21. The van der Waals surface area contributed by atoms with Crippen LogP contribution in [-0.4, -0.2) is 14.2 Å². The standard InChI is InChI=1S/C15H16N2O2/c1-18-11-12-3-5-13(6-4-12)16-17-14-7-9-15(19-2)10-8-14/h3-10H,11H2,1-2H3. The van der Waals surface area contributed by atoms with Crippen molar-refractivity contribution in [3.05, 3.63) is 54.1 Å². The first-order valence-corrected chi connectivity index (χ1v) is 5.95. The maximum atomic E-state index is 5.08. The second kappa shape index (κ2) is 6.66. The lowest BCUT2D eigenvalue weighted by atomic mass is 10.2. The molecule has 98 valence electrons. The van der Waals surface area contributed by atoms with Crippen molar-refractivity contribution in [2.45, 2.75) is 6.61 Å².